The van der Waals surface area contributed by atoms with Gasteiger partial charge in [-0.3, -0.25) is 0 Å². The second-order valence-electron chi connectivity index (χ2n) is 19.6. The fourth-order valence-corrected chi connectivity index (χ4v) is 11.5. The van der Waals surface area contributed by atoms with Crippen molar-refractivity contribution in [3.63, 3.8) is 0 Å². The lowest BCUT2D eigenvalue weighted by molar-refractivity contribution is 0.449. The lowest BCUT2D eigenvalue weighted by Crippen LogP contribution is -2.31. The van der Waals surface area contributed by atoms with Crippen molar-refractivity contribution in [2.24, 2.45) is 5.92 Å². The first-order valence-corrected chi connectivity index (χ1v) is 24.3. The average molecular weight is 882 g/mol. The molecule has 68 heavy (non-hydrogen) atoms. The van der Waals surface area contributed by atoms with Crippen molar-refractivity contribution in [2.75, 3.05) is 4.90 Å². The highest BCUT2D eigenvalue weighted by Gasteiger charge is 2.41. The molecule has 2 aromatic heterocycles. The predicted molar refractivity (Wildman–Crippen MR) is 283 cm³/mol. The van der Waals surface area contributed by atoms with Crippen LogP contribution in [0.4, 0.5) is 11.4 Å². The highest BCUT2D eigenvalue weighted by Crippen LogP contribution is 2.54. The molecular formula is C63H55N5. The maximum absolute atomic E-state index is 5.73. The van der Waals surface area contributed by atoms with Crippen molar-refractivity contribution in [1.29, 1.82) is 0 Å². The maximum Gasteiger partial charge on any atom is 0.166 e. The van der Waals surface area contributed by atoms with Gasteiger partial charge in [-0.15, -0.1) is 0 Å². The molecule has 5 nitrogen and oxygen atoms in total. The minimum atomic E-state index is 0.0970. The van der Waals surface area contributed by atoms with E-state index in [0.29, 0.717) is 29.3 Å². The molecule has 1 aliphatic heterocycles. The summed E-state index contributed by atoms with van der Waals surface area (Å²) in [6.45, 7) is 13.4. The number of hydrogen-bond donors (Lipinski definition) is 0. The zero-order valence-electron chi connectivity index (χ0n) is 39.7. The standard InChI is InChI=1S/C63H55N5/c1-38-26-30-55-51(34-38)52-35-39(2)27-31-56(52)67(55)59-47(45-20-12-10-16-42(45)5)22-14-24-49(59)62-64-61(44-18-8-7-9-19-44)65-63(66-62)50-25-15-23-48(46-21-13-11-17-43(46)6)60(50)68-57-32-28-40(3)36-53(57)54-37-41(4)29-33-58(54)68/h7-16,18-20,22-37,43,46,53,57H,17,21H2,1-6H3. The molecule has 0 amide bonds. The first-order chi connectivity index (χ1) is 33.2. The van der Waals surface area contributed by atoms with Crippen LogP contribution in [0.5, 0.6) is 0 Å². The molecule has 0 N–H and O–H groups in total. The van der Waals surface area contributed by atoms with Crippen molar-refractivity contribution >= 4 is 33.2 Å². The summed E-state index contributed by atoms with van der Waals surface area (Å²) in [6.07, 6.45) is 14.0. The minimum Gasteiger partial charge on any atom is -0.332 e. The summed E-state index contributed by atoms with van der Waals surface area (Å²) in [7, 11) is 0. The van der Waals surface area contributed by atoms with Crippen LogP contribution in [-0.4, -0.2) is 25.6 Å². The van der Waals surface area contributed by atoms with Crippen LogP contribution in [0.3, 0.4) is 0 Å². The van der Waals surface area contributed by atoms with Gasteiger partial charge in [-0.25, -0.2) is 15.0 Å². The topological polar surface area (TPSA) is 46.8 Å². The molecule has 4 atom stereocenters. The van der Waals surface area contributed by atoms with Crippen molar-refractivity contribution in [3.8, 4) is 51.0 Å². The summed E-state index contributed by atoms with van der Waals surface area (Å²) >= 11 is 0. The first-order valence-electron chi connectivity index (χ1n) is 24.3. The van der Waals surface area contributed by atoms with Crippen molar-refractivity contribution < 1.29 is 0 Å². The van der Waals surface area contributed by atoms with Crippen LogP contribution in [0.1, 0.15) is 71.9 Å². The molecule has 0 radical (unpaired) electrons. The van der Waals surface area contributed by atoms with E-state index in [1.807, 2.05) is 0 Å². The van der Waals surface area contributed by atoms with Gasteiger partial charge in [0.15, 0.2) is 17.5 Å². The van der Waals surface area contributed by atoms with Crippen LogP contribution >= 0.6 is 0 Å². The summed E-state index contributed by atoms with van der Waals surface area (Å²) in [4.78, 5) is 19.4. The van der Waals surface area contributed by atoms with Gasteiger partial charge in [-0.1, -0.05) is 163 Å². The Morgan fingerprint density at radius 3 is 1.84 bits per heavy atom. The Morgan fingerprint density at radius 2 is 1.12 bits per heavy atom. The Bertz CT molecular complexity index is 3510. The number of rotatable bonds is 7. The highest BCUT2D eigenvalue weighted by atomic mass is 15.2. The summed E-state index contributed by atoms with van der Waals surface area (Å²) in [5.41, 5.74) is 19.9. The average Bonchev–Trinajstić information content (AvgIpc) is 3.84. The molecule has 7 aromatic carbocycles. The van der Waals surface area contributed by atoms with Gasteiger partial charge in [0.2, 0.25) is 0 Å². The van der Waals surface area contributed by atoms with Crippen LogP contribution in [0.25, 0.3) is 72.8 Å². The Labute approximate surface area is 399 Å². The number of aromatic nitrogens is 4. The minimum absolute atomic E-state index is 0.0970. The maximum atomic E-state index is 5.73. The number of allylic oxidation sites excluding steroid dienone is 4. The lowest BCUT2D eigenvalue weighted by atomic mass is 9.78. The summed E-state index contributed by atoms with van der Waals surface area (Å²) in [5.74, 6) is 2.94. The monoisotopic (exact) mass is 881 g/mol. The zero-order chi connectivity index (χ0) is 46.2. The van der Waals surface area contributed by atoms with Crippen LogP contribution in [-0.2, 0) is 0 Å². The molecule has 2 aliphatic carbocycles. The predicted octanol–water partition coefficient (Wildman–Crippen LogP) is 16.1. The normalized spacial score (nSPS) is 18.6. The van der Waals surface area contributed by atoms with E-state index >= 15 is 0 Å². The van der Waals surface area contributed by atoms with Gasteiger partial charge in [-0.2, -0.15) is 0 Å². The third-order valence-corrected chi connectivity index (χ3v) is 14.8. The second-order valence-corrected chi connectivity index (χ2v) is 19.6. The third kappa shape index (κ3) is 6.94. The molecule has 0 saturated carbocycles. The van der Waals surface area contributed by atoms with Gasteiger partial charge in [-0.05, 0) is 124 Å². The van der Waals surface area contributed by atoms with E-state index in [4.69, 9.17) is 15.0 Å². The van der Waals surface area contributed by atoms with Crippen molar-refractivity contribution in [3.05, 3.63) is 215 Å². The summed E-state index contributed by atoms with van der Waals surface area (Å²) in [5, 5.41) is 2.45. The smallest absolute Gasteiger partial charge is 0.166 e. The van der Waals surface area contributed by atoms with Crippen LogP contribution in [0.2, 0.25) is 0 Å². The van der Waals surface area contributed by atoms with Gasteiger partial charge in [0, 0.05) is 44.6 Å². The fourth-order valence-electron chi connectivity index (χ4n) is 11.5. The Balaban J connectivity index is 1.17. The molecule has 3 aliphatic rings. The molecule has 0 spiro atoms. The van der Waals surface area contributed by atoms with Crippen molar-refractivity contribution in [1.82, 2.24) is 19.5 Å². The Hall–Kier alpha value is -7.63. The molecule has 4 unspecified atom stereocenters. The van der Waals surface area contributed by atoms with Gasteiger partial charge < -0.3 is 9.47 Å². The SMILES string of the molecule is CC1=CC2c3cc(C)ccc3N(c3c(-c4nc(-c5ccccc5)nc(-c5cccc(-c6ccccc6C)c5-n5c6ccc(C)cc6c6cc(C)ccc65)n4)cccc3C3CC=CCC3C)C2C=C1. The Kier molecular flexibility index (Phi) is 10.2. The molecule has 9 aromatic rings. The summed E-state index contributed by atoms with van der Waals surface area (Å²) in [6, 6.07) is 53.5. The number of hydrogen-bond acceptors (Lipinski definition) is 4. The molecule has 12 rings (SSSR count). The molecule has 3 heterocycles. The van der Waals surface area contributed by atoms with E-state index in [2.05, 4.69) is 227 Å². The van der Waals surface area contributed by atoms with Gasteiger partial charge in [0.1, 0.15) is 0 Å². The number of aryl methyl sites for hydroxylation is 4. The third-order valence-electron chi connectivity index (χ3n) is 14.8. The van der Waals surface area contributed by atoms with Crippen LogP contribution in [0, 0.1) is 33.6 Å². The fraction of sp³-hybridized carbons (Fsp3) is 0.190. The highest BCUT2D eigenvalue weighted by molar-refractivity contribution is 6.11. The van der Waals surface area contributed by atoms with Crippen molar-refractivity contribution in [2.45, 2.75) is 72.3 Å². The van der Waals surface area contributed by atoms with E-state index in [-0.39, 0.29) is 12.0 Å². The van der Waals surface area contributed by atoms with E-state index in [9.17, 15) is 0 Å². The zero-order valence-corrected chi connectivity index (χ0v) is 39.7. The number of anilines is 2. The van der Waals surface area contributed by atoms with Crippen LogP contribution in [0.15, 0.2) is 182 Å². The van der Waals surface area contributed by atoms with Gasteiger partial charge >= 0.3 is 0 Å². The lowest BCUT2D eigenvalue weighted by Gasteiger charge is -2.36. The number of para-hydroxylation sites is 2. The summed E-state index contributed by atoms with van der Waals surface area (Å²) < 4.78 is 2.46. The number of fused-ring (bicyclic) bond motifs is 6. The van der Waals surface area contributed by atoms with E-state index in [1.54, 1.807) is 0 Å². The number of nitrogens with zero attached hydrogens (tertiary/aromatic N) is 5. The second kappa shape index (κ2) is 16.6. The molecule has 0 fully saturated rings. The molecule has 5 heteroatoms. The number of benzene rings is 7. The first kappa shape index (κ1) is 41.8. The molecule has 0 bridgehead atoms. The quantitative estimate of drug-likeness (QED) is 0.150. The van der Waals surface area contributed by atoms with E-state index in [1.165, 1.54) is 66.7 Å². The largest absolute Gasteiger partial charge is 0.332 e. The van der Waals surface area contributed by atoms with Gasteiger partial charge in [0.05, 0.1) is 28.5 Å². The van der Waals surface area contributed by atoms with E-state index < -0.39 is 0 Å². The van der Waals surface area contributed by atoms with Gasteiger partial charge in [0.25, 0.3) is 0 Å². The molecular weight excluding hydrogens is 827 g/mol. The Morgan fingerprint density at radius 1 is 0.515 bits per heavy atom. The molecule has 332 valence electrons. The molecule has 0 saturated heterocycles. The van der Waals surface area contributed by atoms with Crippen LogP contribution < -0.4 is 4.90 Å². The van der Waals surface area contributed by atoms with E-state index in [0.717, 1.165) is 51.8 Å².